The number of phosphoric ester groups is 2. The van der Waals surface area contributed by atoms with E-state index in [9.17, 15) is 43.2 Å². The molecule has 3 N–H and O–H groups in total. The summed E-state index contributed by atoms with van der Waals surface area (Å²) in [6.07, 6.45) is 65.2. The first kappa shape index (κ1) is 98.1. The number of rotatable bonds is 81. The number of carbonyl (C=O) groups excluding carboxylic acids is 4. The van der Waals surface area contributed by atoms with Crippen LogP contribution in [0.4, 0.5) is 0 Å². The molecule has 19 heteroatoms. The second-order valence-electron chi connectivity index (χ2n) is 29.6. The highest BCUT2D eigenvalue weighted by Gasteiger charge is 2.30. The molecule has 0 aromatic rings. The minimum absolute atomic E-state index is 0.108. The lowest BCUT2D eigenvalue weighted by Crippen LogP contribution is -2.30. The lowest BCUT2D eigenvalue weighted by atomic mass is 10.0. The minimum atomic E-state index is -4.96. The molecule has 0 spiro atoms. The van der Waals surface area contributed by atoms with E-state index in [-0.39, 0.29) is 25.7 Å². The molecule has 100 heavy (non-hydrogen) atoms. The van der Waals surface area contributed by atoms with Crippen LogP contribution in [-0.4, -0.2) is 96.7 Å². The van der Waals surface area contributed by atoms with Crippen molar-refractivity contribution in [2.24, 2.45) is 5.92 Å². The largest absolute Gasteiger partial charge is 0.472 e. The fraction of sp³-hybridized carbons (Fsp3) is 0.951. The van der Waals surface area contributed by atoms with Gasteiger partial charge in [0.05, 0.1) is 26.4 Å². The maximum atomic E-state index is 13.1. The van der Waals surface area contributed by atoms with Gasteiger partial charge in [-0.2, -0.15) is 0 Å². The Balaban J connectivity index is 5.21. The predicted octanol–water partition coefficient (Wildman–Crippen LogP) is 24.4. The number of phosphoric acid groups is 2. The number of esters is 4. The van der Waals surface area contributed by atoms with Gasteiger partial charge in [0.15, 0.2) is 12.2 Å². The molecule has 17 nitrogen and oxygen atoms in total. The van der Waals surface area contributed by atoms with E-state index in [1.54, 1.807) is 0 Å². The van der Waals surface area contributed by atoms with Gasteiger partial charge in [0.25, 0.3) is 0 Å². The molecule has 0 fully saturated rings. The minimum Gasteiger partial charge on any atom is -0.462 e. The van der Waals surface area contributed by atoms with Crippen LogP contribution in [0.1, 0.15) is 433 Å². The molecule has 594 valence electrons. The second-order valence-corrected chi connectivity index (χ2v) is 32.5. The molecule has 0 aliphatic rings. The molecule has 0 rings (SSSR count). The van der Waals surface area contributed by atoms with Crippen LogP contribution in [0.2, 0.25) is 0 Å². The van der Waals surface area contributed by atoms with Crippen molar-refractivity contribution in [3.05, 3.63) is 0 Å². The molecular weight excluding hydrogens is 1310 g/mol. The number of aliphatic hydroxyl groups excluding tert-OH is 1. The molecule has 0 aliphatic carbocycles. The quantitative estimate of drug-likeness (QED) is 0.0222. The normalized spacial score (nSPS) is 13.8. The Labute approximate surface area is 613 Å². The number of hydrogen-bond acceptors (Lipinski definition) is 15. The lowest BCUT2D eigenvalue weighted by molar-refractivity contribution is -0.161. The first-order valence-electron chi connectivity index (χ1n) is 42.1. The first-order chi connectivity index (χ1) is 48.5. The molecule has 0 aliphatic heterocycles. The van der Waals surface area contributed by atoms with Gasteiger partial charge in [0, 0.05) is 25.7 Å². The summed E-state index contributed by atoms with van der Waals surface area (Å²) in [5.74, 6) is -1.32. The summed E-state index contributed by atoms with van der Waals surface area (Å²) in [4.78, 5) is 73.0. The van der Waals surface area contributed by atoms with Crippen molar-refractivity contribution in [2.45, 2.75) is 451 Å². The van der Waals surface area contributed by atoms with Crippen molar-refractivity contribution in [2.75, 3.05) is 39.6 Å². The molecule has 2 unspecified atom stereocenters. The third-order valence-corrected chi connectivity index (χ3v) is 20.9. The van der Waals surface area contributed by atoms with Crippen LogP contribution in [-0.2, 0) is 65.4 Å². The van der Waals surface area contributed by atoms with E-state index in [4.69, 9.17) is 37.0 Å². The number of aliphatic hydroxyl groups is 1. The van der Waals surface area contributed by atoms with Gasteiger partial charge in [0.2, 0.25) is 0 Å². The maximum absolute atomic E-state index is 13.1. The third kappa shape index (κ3) is 74.3. The summed E-state index contributed by atoms with van der Waals surface area (Å²) in [5, 5.41) is 10.6. The number of unbranched alkanes of at least 4 members (excludes halogenated alkanes) is 53. The Morgan fingerprint density at radius 2 is 0.460 bits per heavy atom. The highest BCUT2D eigenvalue weighted by Crippen LogP contribution is 2.45. The van der Waals surface area contributed by atoms with Crippen LogP contribution in [0.5, 0.6) is 0 Å². The van der Waals surface area contributed by atoms with Crippen LogP contribution < -0.4 is 0 Å². The third-order valence-electron chi connectivity index (χ3n) is 19.0. The molecule has 0 aromatic carbocycles. The maximum Gasteiger partial charge on any atom is 0.472 e. The lowest BCUT2D eigenvalue weighted by Gasteiger charge is -2.21. The average Bonchev–Trinajstić information content (AvgIpc) is 0.969. The second kappa shape index (κ2) is 73.9. The van der Waals surface area contributed by atoms with E-state index in [1.165, 1.54) is 257 Å². The van der Waals surface area contributed by atoms with Gasteiger partial charge >= 0.3 is 39.5 Å². The van der Waals surface area contributed by atoms with Crippen molar-refractivity contribution in [3.8, 4) is 0 Å². The Kier molecular flexibility index (Phi) is 72.5. The molecule has 0 saturated heterocycles. The van der Waals surface area contributed by atoms with Crippen molar-refractivity contribution in [3.63, 3.8) is 0 Å². The Hall–Kier alpha value is -1.94. The van der Waals surface area contributed by atoms with Crippen LogP contribution in [0.25, 0.3) is 0 Å². The predicted molar refractivity (Wildman–Crippen MR) is 409 cm³/mol. The Bertz CT molecular complexity index is 1910. The molecule has 0 bridgehead atoms. The Morgan fingerprint density at radius 3 is 0.680 bits per heavy atom. The highest BCUT2D eigenvalue weighted by molar-refractivity contribution is 7.47. The molecule has 0 heterocycles. The zero-order chi connectivity index (χ0) is 73.4. The summed E-state index contributed by atoms with van der Waals surface area (Å²) in [6, 6.07) is 0. The SMILES string of the molecule is CCCCCCCCCCCCCCCCCCCCCCC(=O)O[C@H](COC(=O)CCCCCCCCCCCCCCCC(C)C)COP(=O)(O)OC[C@@H](O)COP(=O)(O)OC[C@@H](COC(=O)CCCCCCCCCCC)OC(=O)CCCCCCCCCCCCCCCCC. The molecule has 0 aromatic heterocycles. The van der Waals surface area contributed by atoms with Gasteiger partial charge in [-0.15, -0.1) is 0 Å². The fourth-order valence-electron chi connectivity index (χ4n) is 12.6. The molecule has 0 saturated carbocycles. The van der Waals surface area contributed by atoms with Crippen molar-refractivity contribution in [1.82, 2.24) is 0 Å². The summed E-state index contributed by atoms with van der Waals surface area (Å²) in [5.41, 5.74) is 0. The standard InChI is InChI=1S/C81H158O17P2/c1-6-9-12-15-18-21-23-25-27-28-29-30-31-33-37-42-47-52-57-62-67-81(86)98-77(71-92-79(84)65-60-55-50-45-40-38-34-35-39-44-48-53-58-63-74(4)5)73-96-100(89,90)94-69-75(82)68-93-99(87,88)95-72-76(70-91-78(83)64-59-54-49-43-20-17-14-11-8-3)97-80(85)66-61-56-51-46-41-36-32-26-24-22-19-16-13-10-7-2/h74-77,82H,6-73H2,1-5H3,(H,87,88)(H,89,90)/t75-,76+,77+/m0/s1. The number of hydrogen-bond donors (Lipinski definition) is 3. The van der Waals surface area contributed by atoms with Crippen molar-refractivity contribution < 1.29 is 80.2 Å². The Morgan fingerprint density at radius 1 is 0.270 bits per heavy atom. The van der Waals surface area contributed by atoms with Gasteiger partial charge in [-0.1, -0.05) is 381 Å². The molecular formula is C81H158O17P2. The summed E-state index contributed by atoms with van der Waals surface area (Å²) in [7, 11) is -9.92. The van der Waals surface area contributed by atoms with Crippen LogP contribution in [0, 0.1) is 5.92 Å². The summed E-state index contributed by atoms with van der Waals surface area (Å²) < 4.78 is 68.7. The summed E-state index contributed by atoms with van der Waals surface area (Å²) >= 11 is 0. The zero-order valence-corrected chi connectivity index (χ0v) is 67.1. The monoisotopic (exact) mass is 1470 g/mol. The highest BCUT2D eigenvalue weighted by atomic mass is 31.2. The number of ether oxygens (including phenoxy) is 4. The number of carbonyl (C=O) groups is 4. The zero-order valence-electron chi connectivity index (χ0n) is 65.3. The van der Waals surface area contributed by atoms with Crippen LogP contribution in [0.3, 0.4) is 0 Å². The molecule has 0 amide bonds. The average molecular weight is 1470 g/mol. The van der Waals surface area contributed by atoms with Crippen molar-refractivity contribution >= 4 is 39.5 Å². The van der Waals surface area contributed by atoms with Gasteiger partial charge in [-0.25, -0.2) is 9.13 Å². The van der Waals surface area contributed by atoms with E-state index in [1.807, 2.05) is 0 Å². The van der Waals surface area contributed by atoms with E-state index in [2.05, 4.69) is 34.6 Å². The van der Waals surface area contributed by atoms with E-state index >= 15 is 0 Å². The summed E-state index contributed by atoms with van der Waals surface area (Å²) in [6.45, 7) is 7.34. The molecule has 0 radical (unpaired) electrons. The van der Waals surface area contributed by atoms with E-state index in [0.717, 1.165) is 95.8 Å². The van der Waals surface area contributed by atoms with E-state index in [0.29, 0.717) is 25.7 Å². The van der Waals surface area contributed by atoms with Gasteiger partial charge < -0.3 is 33.8 Å². The molecule has 5 atom stereocenters. The topological polar surface area (TPSA) is 237 Å². The van der Waals surface area contributed by atoms with E-state index < -0.39 is 97.5 Å². The van der Waals surface area contributed by atoms with Crippen molar-refractivity contribution in [1.29, 1.82) is 0 Å². The van der Waals surface area contributed by atoms with Crippen LogP contribution in [0.15, 0.2) is 0 Å². The van der Waals surface area contributed by atoms with Gasteiger partial charge in [-0.3, -0.25) is 37.3 Å². The first-order valence-corrected chi connectivity index (χ1v) is 45.1. The fourth-order valence-corrected chi connectivity index (χ4v) is 14.2. The van der Waals surface area contributed by atoms with Gasteiger partial charge in [-0.05, 0) is 31.6 Å². The van der Waals surface area contributed by atoms with Gasteiger partial charge in [0.1, 0.15) is 19.3 Å². The smallest absolute Gasteiger partial charge is 0.462 e. The van der Waals surface area contributed by atoms with Crippen LogP contribution >= 0.6 is 15.6 Å².